The molecule has 0 aliphatic heterocycles. The Balaban J connectivity index is 1.93. The second kappa shape index (κ2) is 5.36. The second-order valence-corrected chi connectivity index (χ2v) is 5.54. The Morgan fingerprint density at radius 1 is 1.38 bits per heavy atom. The van der Waals surface area contributed by atoms with Crippen LogP contribution in [0.1, 0.15) is 25.0 Å². The quantitative estimate of drug-likeness (QED) is 0.880. The largest absolute Gasteiger partial charge is 0.435 e. The van der Waals surface area contributed by atoms with Crippen LogP contribution in [0.2, 0.25) is 0 Å². The highest BCUT2D eigenvalue weighted by Crippen LogP contribution is 2.32. The minimum absolute atomic E-state index is 0.144. The van der Waals surface area contributed by atoms with E-state index in [0.29, 0.717) is 23.1 Å². The van der Waals surface area contributed by atoms with Crippen LogP contribution >= 0.6 is 11.6 Å². The van der Waals surface area contributed by atoms with Crippen LogP contribution in [-0.2, 0) is 6.18 Å². The number of alkyl halides is 4. The molecule has 2 aromatic heterocycles. The predicted molar refractivity (Wildman–Crippen MR) is 73.5 cm³/mol. The number of anilines is 1. The second-order valence-electron chi connectivity index (χ2n) is 5.23. The van der Waals surface area contributed by atoms with Gasteiger partial charge in [0.1, 0.15) is 5.52 Å². The van der Waals surface area contributed by atoms with Crippen molar-refractivity contribution in [1.82, 2.24) is 14.6 Å². The first kappa shape index (κ1) is 14.4. The maximum absolute atomic E-state index is 12.7. The number of aromatic nitrogens is 3. The van der Waals surface area contributed by atoms with Gasteiger partial charge < -0.3 is 5.32 Å². The standard InChI is InChI=1S/C13H14ClF3N4/c14-7-8-2-1-3-9(8)19-12-10-6-11(13(15,16)17)20-21(10)5-4-18-12/h4-6,8-9H,1-3,7H2,(H,18,19). The molecular weight excluding hydrogens is 305 g/mol. The lowest BCUT2D eigenvalue weighted by atomic mass is 10.1. The van der Waals surface area contributed by atoms with Crippen molar-refractivity contribution < 1.29 is 13.2 Å². The molecule has 0 bridgehead atoms. The molecule has 0 spiro atoms. The molecule has 0 amide bonds. The average molecular weight is 319 g/mol. The topological polar surface area (TPSA) is 42.2 Å². The number of fused-ring (bicyclic) bond motifs is 1. The maximum atomic E-state index is 12.7. The Labute approximate surface area is 124 Å². The fraction of sp³-hybridized carbons (Fsp3) is 0.538. The molecule has 1 aliphatic carbocycles. The molecule has 0 saturated heterocycles. The van der Waals surface area contributed by atoms with Crippen LogP contribution in [0.3, 0.4) is 0 Å². The molecular formula is C13H14ClF3N4. The van der Waals surface area contributed by atoms with E-state index in [9.17, 15) is 13.2 Å². The van der Waals surface area contributed by atoms with Crippen LogP contribution < -0.4 is 5.32 Å². The van der Waals surface area contributed by atoms with Gasteiger partial charge in [-0.05, 0) is 18.8 Å². The summed E-state index contributed by atoms with van der Waals surface area (Å²) in [6.07, 6.45) is 1.41. The lowest BCUT2D eigenvalue weighted by Crippen LogP contribution is -2.25. The first-order valence-electron chi connectivity index (χ1n) is 6.73. The number of halogens is 4. The maximum Gasteiger partial charge on any atom is 0.435 e. The van der Waals surface area contributed by atoms with Crippen LogP contribution in [-0.4, -0.2) is 26.5 Å². The van der Waals surface area contributed by atoms with E-state index < -0.39 is 11.9 Å². The van der Waals surface area contributed by atoms with Crippen LogP contribution in [0, 0.1) is 5.92 Å². The summed E-state index contributed by atoms with van der Waals surface area (Å²) in [5.74, 6) is 1.27. The van der Waals surface area contributed by atoms with Gasteiger partial charge in [-0.2, -0.15) is 18.3 Å². The molecule has 3 rings (SSSR count). The van der Waals surface area contributed by atoms with Crippen molar-refractivity contribution in [3.05, 3.63) is 24.2 Å². The van der Waals surface area contributed by atoms with E-state index in [1.54, 1.807) is 0 Å². The van der Waals surface area contributed by atoms with Crippen LogP contribution in [0.25, 0.3) is 5.52 Å². The first-order valence-corrected chi connectivity index (χ1v) is 7.26. The molecule has 2 aromatic rings. The molecule has 1 N–H and O–H groups in total. The fourth-order valence-electron chi connectivity index (χ4n) is 2.76. The Kier molecular flexibility index (Phi) is 3.69. The summed E-state index contributed by atoms with van der Waals surface area (Å²) in [7, 11) is 0. The van der Waals surface area contributed by atoms with Crippen molar-refractivity contribution in [2.45, 2.75) is 31.5 Å². The molecule has 1 aliphatic rings. The lowest BCUT2D eigenvalue weighted by Gasteiger charge is -2.19. The third kappa shape index (κ3) is 2.79. The van der Waals surface area contributed by atoms with E-state index >= 15 is 0 Å². The number of hydrogen-bond donors (Lipinski definition) is 1. The van der Waals surface area contributed by atoms with Gasteiger partial charge in [0.05, 0.1) is 0 Å². The Morgan fingerprint density at radius 3 is 2.90 bits per heavy atom. The van der Waals surface area contributed by atoms with Gasteiger partial charge in [0, 0.05) is 30.4 Å². The molecule has 1 fully saturated rings. The van der Waals surface area contributed by atoms with Gasteiger partial charge >= 0.3 is 6.18 Å². The van der Waals surface area contributed by atoms with Gasteiger partial charge in [-0.1, -0.05) is 6.42 Å². The highest BCUT2D eigenvalue weighted by Gasteiger charge is 2.35. The highest BCUT2D eigenvalue weighted by atomic mass is 35.5. The van der Waals surface area contributed by atoms with Crippen molar-refractivity contribution in [2.75, 3.05) is 11.2 Å². The molecule has 2 atom stereocenters. The Hall–Kier alpha value is -1.50. The van der Waals surface area contributed by atoms with E-state index in [1.807, 2.05) is 0 Å². The summed E-state index contributed by atoms with van der Waals surface area (Å²) in [4.78, 5) is 4.15. The van der Waals surface area contributed by atoms with E-state index in [-0.39, 0.29) is 6.04 Å². The van der Waals surface area contributed by atoms with Crippen molar-refractivity contribution >= 4 is 22.9 Å². The SMILES string of the molecule is FC(F)(F)c1cc2c(NC3CCCC3CCl)nccn2n1. The molecule has 1 saturated carbocycles. The van der Waals surface area contributed by atoms with Crippen molar-refractivity contribution in [2.24, 2.45) is 5.92 Å². The number of rotatable bonds is 3. The molecule has 2 heterocycles. The zero-order valence-electron chi connectivity index (χ0n) is 11.1. The highest BCUT2D eigenvalue weighted by molar-refractivity contribution is 6.18. The summed E-state index contributed by atoms with van der Waals surface area (Å²) >= 11 is 5.92. The van der Waals surface area contributed by atoms with Crippen molar-refractivity contribution in [1.29, 1.82) is 0 Å². The van der Waals surface area contributed by atoms with E-state index in [1.165, 1.54) is 16.9 Å². The zero-order chi connectivity index (χ0) is 15.0. The normalized spacial score (nSPS) is 22.9. The number of nitrogens with zero attached hydrogens (tertiary/aromatic N) is 3. The summed E-state index contributed by atoms with van der Waals surface area (Å²) in [5, 5.41) is 6.77. The van der Waals surface area contributed by atoms with Gasteiger partial charge in [0.2, 0.25) is 0 Å². The van der Waals surface area contributed by atoms with Crippen LogP contribution in [0.15, 0.2) is 18.5 Å². The molecule has 8 heteroatoms. The van der Waals surface area contributed by atoms with E-state index in [0.717, 1.165) is 25.3 Å². The molecule has 4 nitrogen and oxygen atoms in total. The van der Waals surface area contributed by atoms with E-state index in [4.69, 9.17) is 11.6 Å². The van der Waals surface area contributed by atoms with Gasteiger partial charge in [-0.25, -0.2) is 9.50 Å². The zero-order valence-corrected chi connectivity index (χ0v) is 11.8. The van der Waals surface area contributed by atoms with Crippen molar-refractivity contribution in [3.8, 4) is 0 Å². The minimum atomic E-state index is -4.46. The molecule has 114 valence electrons. The van der Waals surface area contributed by atoms with Gasteiger partial charge in [-0.15, -0.1) is 11.6 Å². The minimum Gasteiger partial charge on any atom is -0.365 e. The monoisotopic (exact) mass is 318 g/mol. The lowest BCUT2D eigenvalue weighted by molar-refractivity contribution is -0.141. The van der Waals surface area contributed by atoms with Gasteiger partial charge in [-0.3, -0.25) is 0 Å². The summed E-state index contributed by atoms with van der Waals surface area (Å²) in [5.41, 5.74) is -0.594. The molecule has 0 aromatic carbocycles. The fourth-order valence-corrected chi connectivity index (χ4v) is 3.13. The average Bonchev–Trinajstić information content (AvgIpc) is 3.04. The van der Waals surface area contributed by atoms with E-state index in [2.05, 4.69) is 15.4 Å². The van der Waals surface area contributed by atoms with Crippen LogP contribution in [0.4, 0.5) is 19.0 Å². The third-order valence-electron chi connectivity index (χ3n) is 3.86. The number of hydrogen-bond acceptors (Lipinski definition) is 3. The van der Waals surface area contributed by atoms with Gasteiger partial charge in [0.15, 0.2) is 11.5 Å². The molecule has 2 unspecified atom stereocenters. The Bertz CT molecular complexity index is 640. The molecule has 21 heavy (non-hydrogen) atoms. The predicted octanol–water partition coefficient (Wildman–Crippen LogP) is 3.57. The Morgan fingerprint density at radius 2 is 2.19 bits per heavy atom. The smallest absolute Gasteiger partial charge is 0.365 e. The van der Waals surface area contributed by atoms with Crippen LogP contribution in [0.5, 0.6) is 0 Å². The molecule has 0 radical (unpaired) electrons. The number of nitrogens with one attached hydrogen (secondary N) is 1. The summed E-state index contributed by atoms with van der Waals surface area (Å²) in [6, 6.07) is 1.16. The van der Waals surface area contributed by atoms with Gasteiger partial charge in [0.25, 0.3) is 0 Å². The first-order chi connectivity index (χ1) is 9.99. The summed E-state index contributed by atoms with van der Waals surface area (Å²) in [6.45, 7) is 0. The van der Waals surface area contributed by atoms with Crippen molar-refractivity contribution in [3.63, 3.8) is 0 Å². The third-order valence-corrected chi connectivity index (χ3v) is 4.26. The summed E-state index contributed by atoms with van der Waals surface area (Å²) < 4.78 is 39.4.